The van der Waals surface area contributed by atoms with E-state index in [1.807, 2.05) is 30.5 Å². The molecule has 148 valence electrons. The highest BCUT2D eigenvalue weighted by Crippen LogP contribution is 2.30. The fourth-order valence-corrected chi connectivity index (χ4v) is 4.87. The van der Waals surface area contributed by atoms with Gasteiger partial charge in [-0.15, -0.1) is 11.8 Å². The number of nitrogens with one attached hydrogen (secondary N) is 3. The maximum atomic E-state index is 12.5. The van der Waals surface area contributed by atoms with Crippen LogP contribution in [0.15, 0.2) is 82.6 Å². The second-order valence-corrected chi connectivity index (χ2v) is 9.06. The normalized spacial score (nSPS) is 17.1. The minimum atomic E-state index is -3.61. The number of sulfonamides is 1. The smallest absolute Gasteiger partial charge is 0.255 e. The lowest BCUT2D eigenvalue weighted by molar-refractivity contribution is 0.102. The molecule has 4 rings (SSSR count). The van der Waals surface area contributed by atoms with Gasteiger partial charge in [0, 0.05) is 16.1 Å². The standard InChI is InChI=1S/C21H19N3O3S2/c1-28-17-6-4-5-16(13-17)22-21(25)15-11-9-14(10-12-15)20-23-18-7-2-3-8-19(18)29(26,27)24-20/h2-13,20,23-24H,1H3,(H,22,25)/t20-/m1/s1. The molecule has 6 nitrogen and oxygen atoms in total. The van der Waals surface area contributed by atoms with E-state index in [2.05, 4.69) is 15.4 Å². The van der Waals surface area contributed by atoms with Crippen molar-refractivity contribution in [2.75, 3.05) is 16.9 Å². The SMILES string of the molecule is CSc1cccc(NC(=O)c2ccc([C@@H]3Nc4ccccc4S(=O)(=O)N3)cc2)c1. The van der Waals surface area contributed by atoms with Gasteiger partial charge in [0.1, 0.15) is 11.1 Å². The molecule has 0 bridgehead atoms. The van der Waals surface area contributed by atoms with Crippen LogP contribution >= 0.6 is 11.8 Å². The number of fused-ring (bicyclic) bond motifs is 1. The lowest BCUT2D eigenvalue weighted by atomic mass is 10.1. The minimum Gasteiger partial charge on any atom is -0.364 e. The summed E-state index contributed by atoms with van der Waals surface area (Å²) in [5.74, 6) is -0.225. The summed E-state index contributed by atoms with van der Waals surface area (Å²) in [5, 5.41) is 6.06. The highest BCUT2D eigenvalue weighted by atomic mass is 32.2. The maximum absolute atomic E-state index is 12.5. The summed E-state index contributed by atoms with van der Waals surface area (Å²) in [7, 11) is -3.61. The van der Waals surface area contributed by atoms with E-state index in [0.29, 0.717) is 16.8 Å². The van der Waals surface area contributed by atoms with Crippen molar-refractivity contribution in [3.8, 4) is 0 Å². The van der Waals surface area contributed by atoms with Gasteiger partial charge in [0.15, 0.2) is 0 Å². The Morgan fingerprint density at radius 2 is 1.76 bits per heavy atom. The van der Waals surface area contributed by atoms with Crippen LogP contribution in [0.25, 0.3) is 0 Å². The van der Waals surface area contributed by atoms with Crippen LogP contribution in [0, 0.1) is 0 Å². The van der Waals surface area contributed by atoms with Gasteiger partial charge in [-0.1, -0.05) is 30.3 Å². The topological polar surface area (TPSA) is 87.3 Å². The van der Waals surface area contributed by atoms with E-state index >= 15 is 0 Å². The van der Waals surface area contributed by atoms with E-state index in [1.165, 1.54) is 0 Å². The molecule has 0 saturated heterocycles. The number of amides is 1. The molecule has 3 aromatic carbocycles. The number of benzene rings is 3. The van der Waals surface area contributed by atoms with Crippen LogP contribution < -0.4 is 15.4 Å². The number of para-hydroxylation sites is 1. The Morgan fingerprint density at radius 3 is 2.52 bits per heavy atom. The van der Waals surface area contributed by atoms with Crippen molar-refractivity contribution in [3.63, 3.8) is 0 Å². The van der Waals surface area contributed by atoms with Gasteiger partial charge in [0.25, 0.3) is 5.91 Å². The molecule has 1 heterocycles. The Balaban J connectivity index is 1.51. The van der Waals surface area contributed by atoms with E-state index < -0.39 is 16.2 Å². The molecule has 3 N–H and O–H groups in total. The van der Waals surface area contributed by atoms with E-state index in [9.17, 15) is 13.2 Å². The summed E-state index contributed by atoms with van der Waals surface area (Å²) >= 11 is 1.60. The predicted molar refractivity (Wildman–Crippen MR) is 116 cm³/mol. The van der Waals surface area contributed by atoms with Gasteiger partial charge in [-0.3, -0.25) is 4.79 Å². The van der Waals surface area contributed by atoms with Crippen molar-refractivity contribution >= 4 is 39.1 Å². The van der Waals surface area contributed by atoms with Gasteiger partial charge in [-0.05, 0) is 54.3 Å². The molecule has 0 fully saturated rings. The summed E-state index contributed by atoms with van der Waals surface area (Å²) in [4.78, 5) is 13.8. The molecule has 1 aliphatic heterocycles. The number of thioether (sulfide) groups is 1. The second kappa shape index (κ2) is 7.90. The Bertz CT molecular complexity index is 1160. The molecular formula is C21H19N3O3S2. The number of carbonyl (C=O) groups excluding carboxylic acids is 1. The Morgan fingerprint density at radius 1 is 1.00 bits per heavy atom. The predicted octanol–water partition coefficient (Wildman–Crippen LogP) is 4.06. The van der Waals surface area contributed by atoms with Gasteiger partial charge in [0.2, 0.25) is 10.0 Å². The summed E-state index contributed by atoms with van der Waals surface area (Å²) < 4.78 is 27.6. The van der Waals surface area contributed by atoms with Crippen LogP contribution in [-0.2, 0) is 10.0 Å². The molecular weight excluding hydrogens is 406 g/mol. The van der Waals surface area contributed by atoms with Crippen LogP contribution in [0.3, 0.4) is 0 Å². The van der Waals surface area contributed by atoms with Crippen molar-refractivity contribution in [1.82, 2.24) is 4.72 Å². The first-order valence-electron chi connectivity index (χ1n) is 8.89. The number of hydrogen-bond acceptors (Lipinski definition) is 5. The average Bonchev–Trinajstić information content (AvgIpc) is 2.73. The van der Waals surface area contributed by atoms with E-state index in [1.54, 1.807) is 60.3 Å². The quantitative estimate of drug-likeness (QED) is 0.549. The zero-order chi connectivity index (χ0) is 20.4. The first-order valence-corrected chi connectivity index (χ1v) is 11.6. The van der Waals surface area contributed by atoms with Gasteiger partial charge >= 0.3 is 0 Å². The van der Waals surface area contributed by atoms with E-state index in [0.717, 1.165) is 10.6 Å². The van der Waals surface area contributed by atoms with Crippen LogP contribution in [0.4, 0.5) is 11.4 Å². The molecule has 29 heavy (non-hydrogen) atoms. The number of rotatable bonds is 4. The van der Waals surface area contributed by atoms with Crippen molar-refractivity contribution in [2.45, 2.75) is 16.0 Å². The third-order valence-corrected chi connectivity index (χ3v) is 6.79. The third kappa shape index (κ3) is 4.14. The Kier molecular flexibility index (Phi) is 5.31. The van der Waals surface area contributed by atoms with Crippen LogP contribution in [0.5, 0.6) is 0 Å². The van der Waals surface area contributed by atoms with Crippen LogP contribution in [0.1, 0.15) is 22.1 Å². The monoisotopic (exact) mass is 425 g/mol. The summed E-state index contributed by atoms with van der Waals surface area (Å²) in [5.41, 5.74) is 2.47. The van der Waals surface area contributed by atoms with Gasteiger partial charge in [0.05, 0.1) is 5.69 Å². The van der Waals surface area contributed by atoms with E-state index in [-0.39, 0.29) is 10.8 Å². The highest BCUT2D eigenvalue weighted by Gasteiger charge is 2.29. The molecule has 0 aromatic heterocycles. The van der Waals surface area contributed by atoms with E-state index in [4.69, 9.17) is 0 Å². The lowest BCUT2D eigenvalue weighted by Gasteiger charge is -2.28. The second-order valence-electron chi connectivity index (χ2n) is 6.50. The minimum absolute atomic E-state index is 0.222. The molecule has 3 aromatic rings. The molecule has 8 heteroatoms. The number of carbonyl (C=O) groups is 1. The third-order valence-electron chi connectivity index (χ3n) is 4.58. The Hall–Kier alpha value is -2.81. The molecule has 0 radical (unpaired) electrons. The van der Waals surface area contributed by atoms with Crippen molar-refractivity contribution < 1.29 is 13.2 Å². The molecule has 0 saturated carbocycles. The molecule has 1 amide bonds. The highest BCUT2D eigenvalue weighted by molar-refractivity contribution is 7.98. The van der Waals surface area contributed by atoms with Crippen molar-refractivity contribution in [1.29, 1.82) is 0 Å². The van der Waals surface area contributed by atoms with Crippen LogP contribution in [0.2, 0.25) is 0 Å². The van der Waals surface area contributed by atoms with Crippen molar-refractivity contribution in [2.24, 2.45) is 0 Å². The van der Waals surface area contributed by atoms with Gasteiger partial charge < -0.3 is 10.6 Å². The average molecular weight is 426 g/mol. The molecule has 0 spiro atoms. The van der Waals surface area contributed by atoms with Crippen LogP contribution in [-0.4, -0.2) is 20.6 Å². The summed E-state index contributed by atoms with van der Waals surface area (Å²) in [6.07, 6.45) is 1.37. The fraction of sp³-hybridized carbons (Fsp3) is 0.0952. The molecule has 1 aliphatic rings. The summed E-state index contributed by atoms with van der Waals surface area (Å²) in [6.45, 7) is 0. The van der Waals surface area contributed by atoms with Gasteiger partial charge in [-0.25, -0.2) is 8.42 Å². The first-order chi connectivity index (χ1) is 14.0. The number of hydrogen-bond donors (Lipinski definition) is 3. The zero-order valence-electron chi connectivity index (χ0n) is 15.5. The molecule has 0 unspecified atom stereocenters. The van der Waals surface area contributed by atoms with Gasteiger partial charge in [-0.2, -0.15) is 4.72 Å². The number of anilines is 2. The fourth-order valence-electron chi connectivity index (χ4n) is 3.11. The largest absolute Gasteiger partial charge is 0.364 e. The Labute approximate surface area is 173 Å². The summed E-state index contributed by atoms with van der Waals surface area (Å²) in [6, 6.07) is 21.2. The van der Waals surface area contributed by atoms with Crippen molar-refractivity contribution in [3.05, 3.63) is 83.9 Å². The molecule has 1 atom stereocenters. The maximum Gasteiger partial charge on any atom is 0.255 e. The molecule has 0 aliphatic carbocycles. The first kappa shape index (κ1) is 19.5. The zero-order valence-corrected chi connectivity index (χ0v) is 17.2. The lowest BCUT2D eigenvalue weighted by Crippen LogP contribution is -2.38.